The maximum absolute atomic E-state index is 11.5. The van der Waals surface area contributed by atoms with Crippen molar-refractivity contribution in [1.82, 2.24) is 19.9 Å². The first-order valence-corrected chi connectivity index (χ1v) is 4.14. The number of aromatic amines is 1. The maximum atomic E-state index is 11.5. The molecule has 15 heavy (non-hydrogen) atoms. The van der Waals surface area contributed by atoms with Crippen molar-refractivity contribution in [3.8, 4) is 0 Å². The van der Waals surface area contributed by atoms with E-state index in [-0.39, 0.29) is 11.5 Å². The summed E-state index contributed by atoms with van der Waals surface area (Å²) in [6, 6.07) is 0. The standard InChI is InChI=1S/C8H8N6O/c9-6-4-10-3-5(13-6)7(15)14-8-11-1-2-12-8/h1-4H,(H2,9,13)(H2,11,12,14,15). The zero-order valence-electron chi connectivity index (χ0n) is 7.64. The molecule has 2 rings (SSSR count). The highest BCUT2D eigenvalue weighted by Gasteiger charge is 2.09. The number of nitrogens with two attached hydrogens (primary N) is 1. The SMILES string of the molecule is Nc1cncc(C(=O)Nc2ncc[nH]2)n1. The summed E-state index contributed by atoms with van der Waals surface area (Å²) >= 11 is 0. The van der Waals surface area contributed by atoms with Crippen molar-refractivity contribution >= 4 is 17.7 Å². The van der Waals surface area contributed by atoms with Crippen LogP contribution in [0.4, 0.5) is 11.8 Å². The Morgan fingerprint density at radius 2 is 2.33 bits per heavy atom. The Hall–Kier alpha value is -2.44. The number of aromatic nitrogens is 4. The molecule has 0 aromatic carbocycles. The number of carbonyl (C=O) groups excluding carboxylic acids is 1. The van der Waals surface area contributed by atoms with Crippen molar-refractivity contribution in [2.75, 3.05) is 11.1 Å². The predicted molar refractivity (Wildman–Crippen MR) is 53.0 cm³/mol. The van der Waals surface area contributed by atoms with Crippen molar-refractivity contribution in [3.63, 3.8) is 0 Å². The molecule has 0 fully saturated rings. The molecule has 4 N–H and O–H groups in total. The number of rotatable bonds is 2. The second-order valence-electron chi connectivity index (χ2n) is 2.72. The fraction of sp³-hybridized carbons (Fsp3) is 0. The van der Waals surface area contributed by atoms with Crippen molar-refractivity contribution in [2.45, 2.75) is 0 Å². The Balaban J connectivity index is 2.15. The van der Waals surface area contributed by atoms with E-state index in [0.29, 0.717) is 5.95 Å². The van der Waals surface area contributed by atoms with E-state index in [1.165, 1.54) is 18.6 Å². The number of anilines is 2. The summed E-state index contributed by atoms with van der Waals surface area (Å²) in [5.74, 6) is 0.135. The number of imidazole rings is 1. The molecule has 0 aliphatic heterocycles. The van der Waals surface area contributed by atoms with E-state index < -0.39 is 5.91 Å². The molecule has 1 amide bonds. The highest BCUT2D eigenvalue weighted by atomic mass is 16.2. The van der Waals surface area contributed by atoms with Crippen LogP contribution >= 0.6 is 0 Å². The molecule has 0 radical (unpaired) electrons. The summed E-state index contributed by atoms with van der Waals surface area (Å²) in [6.45, 7) is 0. The molecule has 0 bridgehead atoms. The molecule has 2 aromatic heterocycles. The van der Waals surface area contributed by atoms with E-state index in [1.807, 2.05) is 0 Å². The summed E-state index contributed by atoms with van der Waals surface area (Å²) in [6.07, 6.45) is 5.82. The third-order valence-corrected chi connectivity index (χ3v) is 1.62. The fourth-order valence-electron chi connectivity index (χ4n) is 0.996. The van der Waals surface area contributed by atoms with Gasteiger partial charge < -0.3 is 10.7 Å². The van der Waals surface area contributed by atoms with Gasteiger partial charge in [-0.3, -0.25) is 15.1 Å². The molecule has 0 saturated heterocycles. The highest BCUT2D eigenvalue weighted by Crippen LogP contribution is 2.01. The molecule has 0 aliphatic rings. The van der Waals surface area contributed by atoms with Crippen LogP contribution in [-0.2, 0) is 0 Å². The van der Waals surface area contributed by atoms with Gasteiger partial charge in [-0.15, -0.1) is 0 Å². The number of H-pyrrole nitrogens is 1. The molecule has 2 heterocycles. The lowest BCUT2D eigenvalue weighted by Gasteiger charge is -2.00. The zero-order valence-corrected chi connectivity index (χ0v) is 7.64. The van der Waals surface area contributed by atoms with Gasteiger partial charge in [0.05, 0.1) is 12.4 Å². The molecule has 2 aromatic rings. The zero-order chi connectivity index (χ0) is 10.7. The monoisotopic (exact) mass is 204 g/mol. The van der Waals surface area contributed by atoms with Crippen LogP contribution in [-0.4, -0.2) is 25.8 Å². The van der Waals surface area contributed by atoms with Crippen molar-refractivity contribution in [3.05, 3.63) is 30.5 Å². The number of nitrogens with zero attached hydrogens (tertiary/aromatic N) is 3. The van der Waals surface area contributed by atoms with Crippen molar-refractivity contribution in [2.24, 2.45) is 0 Å². The third kappa shape index (κ3) is 2.08. The van der Waals surface area contributed by atoms with E-state index in [9.17, 15) is 4.79 Å². The van der Waals surface area contributed by atoms with Gasteiger partial charge in [0.15, 0.2) is 0 Å². The van der Waals surface area contributed by atoms with E-state index >= 15 is 0 Å². The number of carbonyl (C=O) groups is 1. The van der Waals surface area contributed by atoms with E-state index in [4.69, 9.17) is 5.73 Å². The summed E-state index contributed by atoms with van der Waals surface area (Å²) in [5.41, 5.74) is 5.54. The number of hydrogen-bond acceptors (Lipinski definition) is 5. The Morgan fingerprint density at radius 1 is 1.47 bits per heavy atom. The summed E-state index contributed by atoms with van der Waals surface area (Å²) in [5, 5.41) is 2.50. The minimum absolute atomic E-state index is 0.145. The minimum Gasteiger partial charge on any atom is -0.382 e. The second kappa shape index (κ2) is 3.74. The van der Waals surface area contributed by atoms with Crippen LogP contribution < -0.4 is 11.1 Å². The van der Waals surface area contributed by atoms with Crippen LogP contribution in [0.3, 0.4) is 0 Å². The Labute approximate surface area is 84.8 Å². The number of amides is 1. The van der Waals surface area contributed by atoms with E-state index in [0.717, 1.165) is 0 Å². The van der Waals surface area contributed by atoms with Gasteiger partial charge in [-0.05, 0) is 0 Å². The average Bonchev–Trinajstić information content (AvgIpc) is 2.70. The number of nitrogen functional groups attached to an aromatic ring is 1. The molecular weight excluding hydrogens is 196 g/mol. The Morgan fingerprint density at radius 3 is 3.00 bits per heavy atom. The second-order valence-corrected chi connectivity index (χ2v) is 2.72. The summed E-state index contributed by atoms with van der Waals surface area (Å²) < 4.78 is 0. The van der Waals surface area contributed by atoms with Crippen molar-refractivity contribution in [1.29, 1.82) is 0 Å². The van der Waals surface area contributed by atoms with E-state index in [1.54, 1.807) is 6.20 Å². The number of nitrogens with one attached hydrogen (secondary N) is 2. The lowest BCUT2D eigenvalue weighted by molar-refractivity contribution is 0.102. The predicted octanol–water partition coefficient (Wildman–Crippen LogP) is 0.0342. The molecule has 0 unspecified atom stereocenters. The maximum Gasteiger partial charge on any atom is 0.278 e. The van der Waals surface area contributed by atoms with Gasteiger partial charge in [-0.2, -0.15) is 0 Å². The first-order chi connectivity index (χ1) is 7.25. The van der Waals surface area contributed by atoms with Crippen molar-refractivity contribution < 1.29 is 4.79 Å². The first-order valence-electron chi connectivity index (χ1n) is 4.14. The molecule has 0 spiro atoms. The molecule has 0 saturated carbocycles. The highest BCUT2D eigenvalue weighted by molar-refractivity contribution is 6.01. The minimum atomic E-state index is -0.412. The largest absolute Gasteiger partial charge is 0.382 e. The fourth-order valence-corrected chi connectivity index (χ4v) is 0.996. The molecule has 0 atom stereocenters. The Bertz CT molecular complexity index is 466. The van der Waals surface area contributed by atoms with Crippen LogP contribution in [0.25, 0.3) is 0 Å². The quantitative estimate of drug-likeness (QED) is 0.639. The third-order valence-electron chi connectivity index (χ3n) is 1.62. The van der Waals surface area contributed by atoms with Crippen LogP contribution in [0, 0.1) is 0 Å². The lowest BCUT2D eigenvalue weighted by atomic mass is 10.4. The van der Waals surface area contributed by atoms with Crippen LogP contribution in [0.1, 0.15) is 10.5 Å². The molecule has 7 heteroatoms. The Kier molecular flexibility index (Phi) is 2.28. The van der Waals surface area contributed by atoms with Crippen LogP contribution in [0.15, 0.2) is 24.8 Å². The van der Waals surface area contributed by atoms with Gasteiger partial charge in [0, 0.05) is 12.4 Å². The molecule has 0 aliphatic carbocycles. The van der Waals surface area contributed by atoms with Crippen LogP contribution in [0.2, 0.25) is 0 Å². The van der Waals surface area contributed by atoms with Gasteiger partial charge >= 0.3 is 0 Å². The topological polar surface area (TPSA) is 110 Å². The summed E-state index contributed by atoms with van der Waals surface area (Å²) in [7, 11) is 0. The normalized spacial score (nSPS) is 9.87. The van der Waals surface area contributed by atoms with Gasteiger partial charge in [0.1, 0.15) is 11.5 Å². The van der Waals surface area contributed by atoms with Crippen LogP contribution in [0.5, 0.6) is 0 Å². The van der Waals surface area contributed by atoms with Gasteiger partial charge in [0.25, 0.3) is 5.91 Å². The lowest BCUT2D eigenvalue weighted by Crippen LogP contribution is -2.15. The van der Waals surface area contributed by atoms with Gasteiger partial charge in [-0.25, -0.2) is 9.97 Å². The molecular formula is C8H8N6O. The van der Waals surface area contributed by atoms with Gasteiger partial charge in [-0.1, -0.05) is 0 Å². The average molecular weight is 204 g/mol. The van der Waals surface area contributed by atoms with Gasteiger partial charge in [0.2, 0.25) is 5.95 Å². The first kappa shape index (κ1) is 9.13. The summed E-state index contributed by atoms with van der Waals surface area (Å²) in [4.78, 5) is 25.7. The smallest absolute Gasteiger partial charge is 0.278 e. The van der Waals surface area contributed by atoms with E-state index in [2.05, 4.69) is 25.3 Å². The molecule has 76 valence electrons. The number of hydrogen-bond donors (Lipinski definition) is 3. The molecule has 7 nitrogen and oxygen atoms in total.